The Morgan fingerprint density at radius 3 is 2.69 bits per heavy atom. The Balaban J connectivity index is 1.66. The summed E-state index contributed by atoms with van der Waals surface area (Å²) in [6, 6.07) is 15.3. The number of methoxy groups -OCH3 is 1. The van der Waals surface area contributed by atoms with Crippen LogP contribution in [0.5, 0.6) is 5.75 Å². The average Bonchev–Trinajstić information content (AvgIpc) is 3.26. The van der Waals surface area contributed by atoms with E-state index in [-0.39, 0.29) is 11.6 Å². The van der Waals surface area contributed by atoms with Gasteiger partial charge in [0.15, 0.2) is 5.13 Å². The minimum Gasteiger partial charge on any atom is -0.494 e. The van der Waals surface area contributed by atoms with E-state index in [1.165, 1.54) is 29.5 Å². The number of carbonyl (C=O) groups is 1. The minimum atomic E-state index is -0.463. The normalized spacial score (nSPS) is 11.0. The van der Waals surface area contributed by atoms with Crippen LogP contribution in [0.4, 0.5) is 10.8 Å². The number of fused-ring (bicyclic) bond motifs is 1. The van der Waals surface area contributed by atoms with Gasteiger partial charge in [0.1, 0.15) is 11.3 Å². The van der Waals surface area contributed by atoms with Crippen LogP contribution in [-0.2, 0) is 11.3 Å². The molecule has 0 radical (unpaired) electrons. The van der Waals surface area contributed by atoms with Crippen molar-refractivity contribution in [2.24, 2.45) is 0 Å². The van der Waals surface area contributed by atoms with Crippen LogP contribution < -0.4 is 9.64 Å². The van der Waals surface area contributed by atoms with Gasteiger partial charge in [-0.05, 0) is 47.5 Å². The van der Waals surface area contributed by atoms with Crippen LogP contribution in [0.1, 0.15) is 11.1 Å². The van der Waals surface area contributed by atoms with Crippen LogP contribution in [0.3, 0.4) is 0 Å². The van der Waals surface area contributed by atoms with Crippen molar-refractivity contribution in [3.05, 3.63) is 94.3 Å². The summed E-state index contributed by atoms with van der Waals surface area (Å²) in [6.45, 7) is 0.291. The van der Waals surface area contributed by atoms with Gasteiger partial charge in [-0.2, -0.15) is 0 Å². The Morgan fingerprint density at radius 1 is 1.19 bits per heavy atom. The Bertz CT molecular complexity index is 1290. The number of thiazole rings is 1. The molecule has 0 aliphatic carbocycles. The highest BCUT2D eigenvalue weighted by Crippen LogP contribution is 2.34. The molecule has 9 heteroatoms. The SMILES string of the molecule is COc1cccc2sc(N(Cc3cccnc3)C(=O)/C=C/c3ccc([N+](=O)[O-])cc3)nc12. The molecule has 1 amide bonds. The van der Waals surface area contributed by atoms with Crippen LogP contribution in [0.15, 0.2) is 73.1 Å². The highest BCUT2D eigenvalue weighted by atomic mass is 32.1. The van der Waals surface area contributed by atoms with Crippen molar-refractivity contribution in [2.75, 3.05) is 12.0 Å². The number of ether oxygens (including phenoxy) is 1. The number of hydrogen-bond acceptors (Lipinski definition) is 7. The fraction of sp³-hybridized carbons (Fsp3) is 0.0870. The van der Waals surface area contributed by atoms with Gasteiger partial charge in [0, 0.05) is 30.6 Å². The summed E-state index contributed by atoms with van der Waals surface area (Å²) >= 11 is 1.39. The van der Waals surface area contributed by atoms with Gasteiger partial charge in [-0.15, -0.1) is 0 Å². The third-order valence-electron chi connectivity index (χ3n) is 4.67. The molecule has 0 atom stereocenters. The molecule has 0 aliphatic rings. The molecule has 160 valence electrons. The number of benzene rings is 2. The number of aromatic nitrogens is 2. The van der Waals surface area contributed by atoms with E-state index in [2.05, 4.69) is 9.97 Å². The number of hydrogen-bond donors (Lipinski definition) is 0. The molecule has 0 fully saturated rings. The standard InChI is InChI=1S/C23H18N4O4S/c1-31-19-5-2-6-20-22(19)25-23(32-20)26(15-17-4-3-13-24-14-17)21(28)12-9-16-7-10-18(11-8-16)27(29)30/h2-14H,15H2,1H3/b12-9+. The molecule has 0 unspecified atom stereocenters. The summed E-state index contributed by atoms with van der Waals surface area (Å²) in [5.41, 5.74) is 2.22. The van der Waals surface area contributed by atoms with Gasteiger partial charge in [0.05, 0.1) is 23.3 Å². The molecule has 0 saturated heterocycles. The molecule has 4 aromatic rings. The fourth-order valence-corrected chi connectivity index (χ4v) is 4.06. The molecule has 2 heterocycles. The summed E-state index contributed by atoms with van der Waals surface area (Å²) in [7, 11) is 1.58. The maximum Gasteiger partial charge on any atom is 0.269 e. The van der Waals surface area contributed by atoms with Crippen LogP contribution in [-0.4, -0.2) is 27.9 Å². The largest absolute Gasteiger partial charge is 0.494 e. The number of amides is 1. The van der Waals surface area contributed by atoms with Crippen molar-refractivity contribution in [3.63, 3.8) is 0 Å². The molecule has 32 heavy (non-hydrogen) atoms. The third-order valence-corrected chi connectivity index (χ3v) is 5.72. The Morgan fingerprint density at radius 2 is 2.00 bits per heavy atom. The molecular weight excluding hydrogens is 428 g/mol. The zero-order valence-corrected chi connectivity index (χ0v) is 17.9. The molecule has 2 aromatic carbocycles. The molecular formula is C23H18N4O4S. The van der Waals surface area contributed by atoms with Crippen LogP contribution in [0.2, 0.25) is 0 Å². The highest BCUT2D eigenvalue weighted by molar-refractivity contribution is 7.22. The van der Waals surface area contributed by atoms with E-state index in [4.69, 9.17) is 4.74 Å². The zero-order valence-electron chi connectivity index (χ0n) is 17.0. The quantitative estimate of drug-likeness (QED) is 0.229. The summed E-state index contributed by atoms with van der Waals surface area (Å²) in [5, 5.41) is 11.4. The topological polar surface area (TPSA) is 98.5 Å². The Labute approximate surface area is 187 Å². The summed E-state index contributed by atoms with van der Waals surface area (Å²) in [5.74, 6) is 0.366. The number of para-hydroxylation sites is 1. The van der Waals surface area contributed by atoms with E-state index in [0.717, 1.165) is 10.3 Å². The lowest BCUT2D eigenvalue weighted by Gasteiger charge is -2.18. The molecule has 0 N–H and O–H groups in total. The van der Waals surface area contributed by atoms with Gasteiger partial charge in [-0.3, -0.25) is 24.8 Å². The molecule has 8 nitrogen and oxygen atoms in total. The molecule has 4 rings (SSSR count). The fourth-order valence-electron chi connectivity index (χ4n) is 3.07. The smallest absolute Gasteiger partial charge is 0.269 e. The maximum atomic E-state index is 13.2. The summed E-state index contributed by atoms with van der Waals surface area (Å²) in [6.07, 6.45) is 6.43. The molecule has 0 spiro atoms. The van der Waals surface area contributed by atoms with Crippen molar-refractivity contribution < 1.29 is 14.5 Å². The number of nitro groups is 1. The number of non-ortho nitro benzene ring substituents is 1. The van der Waals surface area contributed by atoms with Gasteiger partial charge in [0.25, 0.3) is 11.6 Å². The molecule has 0 bridgehead atoms. The van der Waals surface area contributed by atoms with Gasteiger partial charge in [-0.1, -0.05) is 23.5 Å². The minimum absolute atomic E-state index is 0.00453. The third kappa shape index (κ3) is 4.62. The molecule has 0 aliphatic heterocycles. The van der Waals surface area contributed by atoms with Crippen molar-refractivity contribution in [1.29, 1.82) is 0 Å². The zero-order chi connectivity index (χ0) is 22.5. The monoisotopic (exact) mass is 446 g/mol. The van der Waals surface area contributed by atoms with E-state index < -0.39 is 4.92 Å². The maximum absolute atomic E-state index is 13.2. The highest BCUT2D eigenvalue weighted by Gasteiger charge is 2.20. The first-order valence-electron chi connectivity index (χ1n) is 9.61. The lowest BCUT2D eigenvalue weighted by Crippen LogP contribution is -2.28. The number of nitro benzene ring substituents is 1. The van der Waals surface area contributed by atoms with Crippen molar-refractivity contribution in [1.82, 2.24) is 9.97 Å². The number of anilines is 1. The summed E-state index contributed by atoms with van der Waals surface area (Å²) < 4.78 is 6.31. The predicted molar refractivity (Wildman–Crippen MR) is 124 cm³/mol. The molecule has 0 saturated carbocycles. The first kappa shape index (κ1) is 21.1. The second kappa shape index (κ2) is 9.36. The second-order valence-corrected chi connectivity index (χ2v) is 7.78. The van der Waals surface area contributed by atoms with Gasteiger partial charge in [-0.25, -0.2) is 4.98 Å². The number of nitrogens with zero attached hydrogens (tertiary/aromatic N) is 4. The Kier molecular flexibility index (Phi) is 6.18. The van der Waals surface area contributed by atoms with Crippen molar-refractivity contribution in [2.45, 2.75) is 6.54 Å². The van der Waals surface area contributed by atoms with E-state index >= 15 is 0 Å². The summed E-state index contributed by atoms with van der Waals surface area (Å²) in [4.78, 5) is 33.9. The van der Waals surface area contributed by atoms with Crippen molar-refractivity contribution in [3.8, 4) is 5.75 Å². The number of rotatable bonds is 7. The van der Waals surface area contributed by atoms with Gasteiger partial charge in [0.2, 0.25) is 0 Å². The Hall–Kier alpha value is -4.11. The van der Waals surface area contributed by atoms with E-state index in [0.29, 0.717) is 28.5 Å². The number of pyridine rings is 1. The van der Waals surface area contributed by atoms with E-state index in [9.17, 15) is 14.9 Å². The lowest BCUT2D eigenvalue weighted by molar-refractivity contribution is -0.384. The predicted octanol–water partition coefficient (Wildman–Crippen LogP) is 4.85. The van der Waals surface area contributed by atoms with Crippen LogP contribution in [0.25, 0.3) is 16.3 Å². The van der Waals surface area contributed by atoms with Crippen molar-refractivity contribution >= 4 is 44.4 Å². The lowest BCUT2D eigenvalue weighted by atomic mass is 10.2. The first-order chi connectivity index (χ1) is 15.5. The van der Waals surface area contributed by atoms with Crippen LogP contribution in [0, 0.1) is 10.1 Å². The van der Waals surface area contributed by atoms with Gasteiger partial charge < -0.3 is 4.74 Å². The van der Waals surface area contributed by atoms with Crippen LogP contribution >= 0.6 is 11.3 Å². The number of carbonyl (C=O) groups excluding carboxylic acids is 1. The second-order valence-electron chi connectivity index (χ2n) is 6.77. The van der Waals surface area contributed by atoms with Gasteiger partial charge >= 0.3 is 0 Å². The molecule has 2 aromatic heterocycles. The average molecular weight is 446 g/mol. The van der Waals surface area contributed by atoms with E-state index in [1.54, 1.807) is 42.6 Å². The van der Waals surface area contributed by atoms with E-state index in [1.807, 2.05) is 30.3 Å². The first-order valence-corrected chi connectivity index (χ1v) is 10.4.